The summed E-state index contributed by atoms with van der Waals surface area (Å²) in [6.45, 7) is 9.44. The first kappa shape index (κ1) is 22.9. The van der Waals surface area contributed by atoms with Gasteiger partial charge in [0.2, 0.25) is 0 Å². The molecule has 3 rings (SSSR count). The number of ether oxygens (including phenoxy) is 2. The second kappa shape index (κ2) is 10.5. The van der Waals surface area contributed by atoms with Gasteiger partial charge in [0.1, 0.15) is 18.1 Å². The molecule has 0 atom stereocenters. The molecule has 164 valence electrons. The van der Waals surface area contributed by atoms with E-state index in [0.29, 0.717) is 17.4 Å². The average molecular weight is 440 g/mol. The van der Waals surface area contributed by atoms with E-state index in [1.165, 1.54) is 4.90 Å². The number of thioether (sulfide) groups is 1. The summed E-state index contributed by atoms with van der Waals surface area (Å²) in [5.74, 6) is 1.65. The van der Waals surface area contributed by atoms with Crippen LogP contribution in [0.1, 0.15) is 49.8 Å². The smallest absolute Gasteiger partial charge is 0.293 e. The molecule has 0 aliphatic carbocycles. The molecule has 1 heterocycles. The number of nitrogens with zero attached hydrogens (tertiary/aromatic N) is 1. The summed E-state index contributed by atoms with van der Waals surface area (Å²) >= 11 is 0.963. The molecule has 1 aliphatic rings. The van der Waals surface area contributed by atoms with Crippen molar-refractivity contribution in [3.63, 3.8) is 0 Å². The lowest BCUT2D eigenvalue weighted by molar-refractivity contribution is -0.123. The molecule has 2 aromatic carbocycles. The number of imide groups is 1. The molecule has 0 unspecified atom stereocenters. The molecule has 0 saturated carbocycles. The molecular formula is C25H29NO4S. The second-order valence-corrected chi connectivity index (χ2v) is 8.79. The first-order valence-corrected chi connectivity index (χ1v) is 11.4. The third-order valence-electron chi connectivity index (χ3n) is 4.89. The molecule has 31 heavy (non-hydrogen) atoms. The molecule has 6 heteroatoms. The normalized spacial score (nSPS) is 15.3. The number of carbonyl (C=O) groups is 2. The number of hydrogen-bond acceptors (Lipinski definition) is 5. The Bertz CT molecular complexity index is 966. The van der Waals surface area contributed by atoms with Gasteiger partial charge in [-0.2, -0.15) is 0 Å². The van der Waals surface area contributed by atoms with Crippen molar-refractivity contribution in [3.8, 4) is 11.5 Å². The topological polar surface area (TPSA) is 55.8 Å². The van der Waals surface area contributed by atoms with E-state index < -0.39 is 0 Å². The highest BCUT2D eigenvalue weighted by molar-refractivity contribution is 8.18. The number of hydrogen-bond donors (Lipinski definition) is 0. The van der Waals surface area contributed by atoms with Crippen LogP contribution < -0.4 is 9.47 Å². The van der Waals surface area contributed by atoms with Crippen LogP contribution in [0.5, 0.6) is 11.5 Å². The van der Waals surface area contributed by atoms with Gasteiger partial charge in [-0.15, -0.1) is 0 Å². The van der Waals surface area contributed by atoms with Gasteiger partial charge in [0.05, 0.1) is 18.1 Å². The third kappa shape index (κ3) is 5.91. The van der Waals surface area contributed by atoms with Gasteiger partial charge >= 0.3 is 0 Å². The molecule has 1 aliphatic heterocycles. The molecule has 0 spiro atoms. The van der Waals surface area contributed by atoms with Gasteiger partial charge in [0.25, 0.3) is 11.1 Å². The predicted octanol–water partition coefficient (Wildman–Crippen LogP) is 6.02. The van der Waals surface area contributed by atoms with Gasteiger partial charge in [-0.25, -0.2) is 0 Å². The fourth-order valence-corrected chi connectivity index (χ4v) is 4.08. The first-order valence-electron chi connectivity index (χ1n) is 10.6. The van der Waals surface area contributed by atoms with Crippen LogP contribution in [-0.2, 0) is 4.79 Å². The minimum atomic E-state index is -0.279. The molecule has 0 radical (unpaired) electrons. The maximum Gasteiger partial charge on any atom is 0.293 e. The fourth-order valence-electron chi connectivity index (χ4n) is 3.21. The van der Waals surface area contributed by atoms with Crippen LogP contribution in [0, 0.1) is 6.92 Å². The molecule has 2 amide bonds. The number of benzene rings is 2. The Hall–Kier alpha value is -2.73. The lowest BCUT2D eigenvalue weighted by Gasteiger charge is -2.17. The van der Waals surface area contributed by atoms with Gasteiger partial charge in [0.15, 0.2) is 0 Å². The van der Waals surface area contributed by atoms with Crippen LogP contribution in [0.4, 0.5) is 4.79 Å². The first-order chi connectivity index (χ1) is 14.9. The number of amides is 2. The monoisotopic (exact) mass is 439 g/mol. The molecule has 0 N–H and O–H groups in total. The average Bonchev–Trinajstić information content (AvgIpc) is 3.00. The van der Waals surface area contributed by atoms with Crippen molar-refractivity contribution in [3.05, 3.63) is 64.1 Å². The lowest BCUT2D eigenvalue weighted by atomic mass is 10.0. The Balaban J connectivity index is 1.62. The number of carbonyl (C=O) groups excluding carboxylic acids is 2. The van der Waals surface area contributed by atoms with Gasteiger partial charge in [0, 0.05) is 0 Å². The molecular weight excluding hydrogens is 410 g/mol. The predicted molar refractivity (Wildman–Crippen MR) is 126 cm³/mol. The molecule has 1 saturated heterocycles. The Labute approximate surface area is 188 Å². The quantitative estimate of drug-likeness (QED) is 0.447. The van der Waals surface area contributed by atoms with Crippen LogP contribution >= 0.6 is 11.8 Å². The Morgan fingerprint density at radius 2 is 1.77 bits per heavy atom. The van der Waals surface area contributed by atoms with E-state index >= 15 is 0 Å². The van der Waals surface area contributed by atoms with Crippen LogP contribution in [0.15, 0.2) is 47.4 Å². The molecule has 2 aromatic rings. The number of aryl methyl sites for hydroxylation is 1. The summed E-state index contributed by atoms with van der Waals surface area (Å²) < 4.78 is 11.5. The summed E-state index contributed by atoms with van der Waals surface area (Å²) in [6.07, 6.45) is 2.69. The van der Waals surface area contributed by atoms with Gasteiger partial charge in [-0.3, -0.25) is 14.5 Å². The fraction of sp³-hybridized carbons (Fsp3) is 0.360. The van der Waals surface area contributed by atoms with Crippen molar-refractivity contribution in [2.75, 3.05) is 19.8 Å². The zero-order valence-corrected chi connectivity index (χ0v) is 19.3. The molecule has 1 fully saturated rings. The van der Waals surface area contributed by atoms with Crippen molar-refractivity contribution in [1.82, 2.24) is 4.90 Å². The van der Waals surface area contributed by atoms with E-state index in [9.17, 15) is 9.59 Å². The highest BCUT2D eigenvalue weighted by Crippen LogP contribution is 2.33. The summed E-state index contributed by atoms with van der Waals surface area (Å²) in [4.78, 5) is 26.8. The highest BCUT2D eigenvalue weighted by Gasteiger charge is 2.34. The van der Waals surface area contributed by atoms with Crippen LogP contribution in [0.2, 0.25) is 0 Å². The van der Waals surface area contributed by atoms with Crippen molar-refractivity contribution < 1.29 is 19.1 Å². The minimum absolute atomic E-state index is 0.220. The van der Waals surface area contributed by atoms with Crippen LogP contribution in [-0.4, -0.2) is 35.8 Å². The van der Waals surface area contributed by atoms with Crippen molar-refractivity contribution in [1.29, 1.82) is 0 Å². The van der Waals surface area contributed by atoms with E-state index in [1.54, 1.807) is 6.08 Å². The van der Waals surface area contributed by atoms with Crippen LogP contribution in [0.25, 0.3) is 6.08 Å². The SMILES string of the molecule is CCCOc1ccc(/C=C2\SC(=O)N(CCOc3cc(C)ccc3C(C)C)C2=O)cc1. The number of rotatable bonds is 9. The third-order valence-corrected chi connectivity index (χ3v) is 5.80. The maximum atomic E-state index is 12.7. The van der Waals surface area contributed by atoms with Crippen molar-refractivity contribution >= 4 is 29.0 Å². The highest BCUT2D eigenvalue weighted by atomic mass is 32.2. The Morgan fingerprint density at radius 3 is 2.45 bits per heavy atom. The summed E-state index contributed by atoms with van der Waals surface area (Å²) in [5.41, 5.74) is 3.08. The molecule has 0 bridgehead atoms. The van der Waals surface area contributed by atoms with Gasteiger partial charge < -0.3 is 9.47 Å². The zero-order chi connectivity index (χ0) is 22.4. The van der Waals surface area contributed by atoms with E-state index in [-0.39, 0.29) is 24.3 Å². The van der Waals surface area contributed by atoms with E-state index in [4.69, 9.17) is 9.47 Å². The Morgan fingerprint density at radius 1 is 1.03 bits per heavy atom. The van der Waals surface area contributed by atoms with Gasteiger partial charge in [-0.1, -0.05) is 45.0 Å². The summed E-state index contributed by atoms with van der Waals surface area (Å²) in [6, 6.07) is 13.6. The lowest BCUT2D eigenvalue weighted by Crippen LogP contribution is -2.32. The maximum absolute atomic E-state index is 12.7. The van der Waals surface area contributed by atoms with Crippen molar-refractivity contribution in [2.45, 2.75) is 40.0 Å². The standard InChI is InChI=1S/C25H29NO4S/c1-5-13-29-20-9-7-19(8-10-20)16-23-24(27)26(25(28)31-23)12-14-30-22-15-18(4)6-11-21(22)17(2)3/h6-11,15-17H,5,12-14H2,1-4H3/b23-16-. The van der Waals surface area contributed by atoms with Crippen LogP contribution in [0.3, 0.4) is 0 Å². The second-order valence-electron chi connectivity index (χ2n) is 7.80. The molecule has 0 aromatic heterocycles. The van der Waals surface area contributed by atoms with E-state index in [0.717, 1.165) is 46.4 Å². The molecule has 5 nitrogen and oxygen atoms in total. The van der Waals surface area contributed by atoms with E-state index in [1.807, 2.05) is 37.3 Å². The zero-order valence-electron chi connectivity index (χ0n) is 18.5. The van der Waals surface area contributed by atoms with Gasteiger partial charge in [-0.05, 0) is 72.0 Å². The Kier molecular flexibility index (Phi) is 7.80. The largest absolute Gasteiger partial charge is 0.494 e. The summed E-state index contributed by atoms with van der Waals surface area (Å²) in [5, 5.41) is -0.268. The summed E-state index contributed by atoms with van der Waals surface area (Å²) in [7, 11) is 0. The van der Waals surface area contributed by atoms with Crippen molar-refractivity contribution in [2.24, 2.45) is 0 Å². The van der Waals surface area contributed by atoms with E-state index in [2.05, 4.69) is 32.9 Å². The minimum Gasteiger partial charge on any atom is -0.494 e.